The van der Waals surface area contributed by atoms with Gasteiger partial charge in [0.1, 0.15) is 5.75 Å². The average Bonchev–Trinajstić information content (AvgIpc) is 2.76. The first-order valence-corrected chi connectivity index (χ1v) is 12.0. The Hall–Kier alpha value is -1.79. The number of guanidine groups is 1. The van der Waals surface area contributed by atoms with E-state index in [0.717, 1.165) is 50.9 Å². The van der Waals surface area contributed by atoms with Gasteiger partial charge < -0.3 is 20.1 Å². The van der Waals surface area contributed by atoms with Crippen LogP contribution in [0, 0.1) is 11.3 Å². The summed E-state index contributed by atoms with van der Waals surface area (Å²) >= 11 is 0. The molecule has 1 aromatic rings. The van der Waals surface area contributed by atoms with Gasteiger partial charge in [-0.15, -0.1) is 0 Å². The summed E-state index contributed by atoms with van der Waals surface area (Å²) in [6.45, 7) is 6.80. The van der Waals surface area contributed by atoms with Crippen LogP contribution in [0.1, 0.15) is 57.1 Å². The highest BCUT2D eigenvalue weighted by molar-refractivity contribution is 5.79. The highest BCUT2D eigenvalue weighted by atomic mass is 16.5. The highest BCUT2D eigenvalue weighted by Crippen LogP contribution is 2.44. The van der Waals surface area contributed by atoms with Gasteiger partial charge >= 0.3 is 0 Å². The molecule has 1 saturated heterocycles. The van der Waals surface area contributed by atoms with Crippen molar-refractivity contribution in [3.05, 3.63) is 29.8 Å². The number of piperidine rings is 1. The summed E-state index contributed by atoms with van der Waals surface area (Å²) in [5, 5.41) is 7.12. The molecule has 0 amide bonds. The summed E-state index contributed by atoms with van der Waals surface area (Å²) < 4.78 is 10.7. The molecule has 3 rings (SSSR count). The molecule has 0 aromatic heterocycles. The average molecular weight is 431 g/mol. The largest absolute Gasteiger partial charge is 0.497 e. The van der Waals surface area contributed by atoms with Crippen LogP contribution in [0.2, 0.25) is 0 Å². The third-order valence-corrected chi connectivity index (χ3v) is 7.16. The second-order valence-corrected chi connectivity index (χ2v) is 9.27. The van der Waals surface area contributed by atoms with Crippen molar-refractivity contribution in [2.24, 2.45) is 16.3 Å². The van der Waals surface area contributed by atoms with Gasteiger partial charge in [0, 0.05) is 39.4 Å². The van der Waals surface area contributed by atoms with Crippen LogP contribution in [0.3, 0.4) is 0 Å². The summed E-state index contributed by atoms with van der Waals surface area (Å²) in [5.41, 5.74) is 1.71. The Labute approximate surface area is 188 Å². The first-order valence-electron chi connectivity index (χ1n) is 12.0. The minimum absolute atomic E-state index is 0.342. The Balaban J connectivity index is 1.64. The summed E-state index contributed by atoms with van der Waals surface area (Å²) in [5.74, 6) is 2.41. The Morgan fingerprint density at radius 2 is 1.94 bits per heavy atom. The molecule has 1 aliphatic carbocycles. The number of nitrogens with zero attached hydrogens (tertiary/aromatic N) is 2. The maximum Gasteiger partial charge on any atom is 0.191 e. The number of hydrogen-bond donors (Lipinski definition) is 2. The highest BCUT2D eigenvalue weighted by Gasteiger charge is 2.36. The molecule has 2 atom stereocenters. The van der Waals surface area contributed by atoms with Crippen molar-refractivity contribution in [1.29, 1.82) is 0 Å². The third kappa shape index (κ3) is 6.36. The zero-order chi connectivity index (χ0) is 22.1. The van der Waals surface area contributed by atoms with Crippen molar-refractivity contribution < 1.29 is 9.47 Å². The summed E-state index contributed by atoms with van der Waals surface area (Å²) in [6, 6.07) is 8.99. The van der Waals surface area contributed by atoms with E-state index in [9.17, 15) is 0 Å². The molecule has 0 spiro atoms. The molecule has 0 radical (unpaired) electrons. The Bertz CT molecular complexity index is 687. The molecule has 1 saturated carbocycles. The molecule has 6 heteroatoms. The summed E-state index contributed by atoms with van der Waals surface area (Å²) in [4.78, 5) is 7.49. The second-order valence-electron chi connectivity index (χ2n) is 9.27. The Morgan fingerprint density at radius 3 is 2.55 bits per heavy atom. The smallest absolute Gasteiger partial charge is 0.191 e. The topological polar surface area (TPSA) is 58.1 Å². The molecule has 6 nitrogen and oxygen atoms in total. The molecular weight excluding hydrogens is 388 g/mol. The number of methoxy groups -OCH3 is 2. The van der Waals surface area contributed by atoms with Crippen LogP contribution in [-0.4, -0.2) is 64.9 Å². The van der Waals surface area contributed by atoms with Crippen LogP contribution in [0.4, 0.5) is 0 Å². The van der Waals surface area contributed by atoms with Crippen LogP contribution in [0.25, 0.3) is 0 Å². The van der Waals surface area contributed by atoms with Crippen molar-refractivity contribution in [1.82, 2.24) is 15.5 Å². The Kier molecular flexibility index (Phi) is 9.02. The van der Waals surface area contributed by atoms with Gasteiger partial charge in [-0.3, -0.25) is 9.89 Å². The first-order chi connectivity index (χ1) is 15.1. The molecule has 1 aliphatic heterocycles. The number of benzene rings is 1. The molecule has 2 N–H and O–H groups in total. The van der Waals surface area contributed by atoms with E-state index >= 15 is 0 Å². The SMILES string of the molecule is CCNC(=NCC1(CCOC)CCC1)NCC1CCCN(C)C1c1ccc(OC)cc1. The van der Waals surface area contributed by atoms with E-state index in [2.05, 4.69) is 53.8 Å². The number of likely N-dealkylation sites (tertiary alicyclic amines) is 1. The van der Waals surface area contributed by atoms with Crippen molar-refractivity contribution in [2.75, 3.05) is 54.1 Å². The van der Waals surface area contributed by atoms with Gasteiger partial charge in [-0.1, -0.05) is 18.6 Å². The van der Waals surface area contributed by atoms with Gasteiger partial charge in [-0.2, -0.15) is 0 Å². The van der Waals surface area contributed by atoms with Crippen LogP contribution >= 0.6 is 0 Å². The number of nitrogens with one attached hydrogen (secondary N) is 2. The molecule has 174 valence electrons. The zero-order valence-corrected chi connectivity index (χ0v) is 20.0. The van der Waals surface area contributed by atoms with Gasteiger partial charge in [0.2, 0.25) is 0 Å². The van der Waals surface area contributed by atoms with Crippen molar-refractivity contribution in [3.63, 3.8) is 0 Å². The lowest BCUT2D eigenvalue weighted by molar-refractivity contribution is 0.0778. The minimum Gasteiger partial charge on any atom is -0.497 e. The fraction of sp³-hybridized carbons (Fsp3) is 0.720. The van der Waals surface area contributed by atoms with E-state index < -0.39 is 0 Å². The zero-order valence-electron chi connectivity index (χ0n) is 20.0. The van der Waals surface area contributed by atoms with E-state index in [0.29, 0.717) is 17.4 Å². The molecule has 2 aliphatic rings. The fourth-order valence-electron chi connectivity index (χ4n) is 5.10. The normalized spacial score (nSPS) is 23.8. The van der Waals surface area contributed by atoms with Gasteiger partial charge in [0.15, 0.2) is 5.96 Å². The molecule has 2 fully saturated rings. The molecule has 1 aromatic carbocycles. The monoisotopic (exact) mass is 430 g/mol. The van der Waals surface area contributed by atoms with E-state index in [1.807, 2.05) is 0 Å². The maximum absolute atomic E-state index is 5.35. The number of aliphatic imine (C=N–C) groups is 1. The van der Waals surface area contributed by atoms with E-state index in [-0.39, 0.29) is 0 Å². The quantitative estimate of drug-likeness (QED) is 0.436. The van der Waals surface area contributed by atoms with E-state index in [4.69, 9.17) is 14.5 Å². The lowest BCUT2D eigenvalue weighted by Crippen LogP contribution is -2.45. The van der Waals surface area contributed by atoms with Crippen LogP contribution < -0.4 is 15.4 Å². The molecule has 1 heterocycles. The van der Waals surface area contributed by atoms with Crippen LogP contribution in [0.15, 0.2) is 29.3 Å². The van der Waals surface area contributed by atoms with Crippen molar-refractivity contribution >= 4 is 5.96 Å². The van der Waals surface area contributed by atoms with E-state index in [1.54, 1.807) is 14.2 Å². The lowest BCUT2D eigenvalue weighted by Gasteiger charge is -2.41. The fourth-order valence-corrected chi connectivity index (χ4v) is 5.10. The van der Waals surface area contributed by atoms with Gasteiger partial charge in [-0.05, 0) is 81.6 Å². The summed E-state index contributed by atoms with van der Waals surface area (Å²) in [6.07, 6.45) is 7.44. The van der Waals surface area contributed by atoms with Gasteiger partial charge in [0.25, 0.3) is 0 Å². The standard InChI is InChI=1S/C25H42N4O2/c1-5-26-24(28-19-25(13-7-14-25)15-17-30-3)27-18-21-8-6-16-29(2)23(21)20-9-11-22(31-4)12-10-20/h9-12,21,23H,5-8,13-19H2,1-4H3,(H2,26,27,28). The molecular formula is C25H42N4O2. The second kappa shape index (κ2) is 11.7. The summed E-state index contributed by atoms with van der Waals surface area (Å²) in [7, 11) is 5.76. The third-order valence-electron chi connectivity index (χ3n) is 7.16. The van der Waals surface area contributed by atoms with E-state index in [1.165, 1.54) is 37.7 Å². The number of rotatable bonds is 10. The van der Waals surface area contributed by atoms with Gasteiger partial charge in [-0.25, -0.2) is 0 Å². The Morgan fingerprint density at radius 1 is 1.16 bits per heavy atom. The van der Waals surface area contributed by atoms with Gasteiger partial charge in [0.05, 0.1) is 7.11 Å². The van der Waals surface area contributed by atoms with Crippen LogP contribution in [0.5, 0.6) is 5.75 Å². The predicted octanol–water partition coefficient (Wildman–Crippen LogP) is 3.84. The van der Waals surface area contributed by atoms with Crippen molar-refractivity contribution in [3.8, 4) is 5.75 Å². The number of ether oxygens (including phenoxy) is 2. The lowest BCUT2D eigenvalue weighted by atomic mass is 9.67. The molecule has 0 bridgehead atoms. The van der Waals surface area contributed by atoms with Crippen molar-refractivity contribution in [2.45, 2.75) is 51.5 Å². The molecule has 2 unspecified atom stereocenters. The number of hydrogen-bond acceptors (Lipinski definition) is 4. The maximum atomic E-state index is 5.35. The predicted molar refractivity (Wildman–Crippen MR) is 128 cm³/mol. The first kappa shape index (κ1) is 23.9. The van der Waals surface area contributed by atoms with Crippen LogP contribution in [-0.2, 0) is 4.74 Å². The minimum atomic E-state index is 0.342. The molecule has 31 heavy (non-hydrogen) atoms.